The quantitative estimate of drug-likeness (QED) is 0.173. The largest absolute Gasteiger partial charge is 0.480 e. The van der Waals surface area contributed by atoms with Crippen molar-refractivity contribution in [2.45, 2.75) is 141 Å². The van der Waals surface area contributed by atoms with Gasteiger partial charge in [-0.25, -0.2) is 4.79 Å². The third-order valence-corrected chi connectivity index (χ3v) is 5.82. The zero-order valence-corrected chi connectivity index (χ0v) is 20.0. The minimum atomic E-state index is -1.13. The third kappa shape index (κ3) is 21.4. The first-order chi connectivity index (χ1) is 15.0. The molecule has 0 aromatic heterocycles. The molecule has 0 aliphatic carbocycles. The Morgan fingerprint density at radius 1 is 0.677 bits per heavy atom. The minimum absolute atomic E-state index is 0.0372. The van der Waals surface area contributed by atoms with E-state index in [-0.39, 0.29) is 18.7 Å². The molecule has 0 fully saturated rings. The van der Waals surface area contributed by atoms with E-state index < -0.39 is 17.9 Å². The molecule has 0 aliphatic heterocycles. The second kappa shape index (κ2) is 21.6. The summed E-state index contributed by atoms with van der Waals surface area (Å²) in [6, 6.07) is -1.04. The number of amides is 2. The fourth-order valence-electron chi connectivity index (χ4n) is 3.82. The molecule has 0 saturated heterocycles. The molecule has 6 nitrogen and oxygen atoms in total. The Balaban J connectivity index is 3.41. The van der Waals surface area contributed by atoms with E-state index in [2.05, 4.69) is 12.2 Å². The molecule has 0 aromatic rings. The van der Waals surface area contributed by atoms with Crippen molar-refractivity contribution in [2.75, 3.05) is 0 Å². The number of rotatable bonds is 23. The molecule has 0 aliphatic rings. The molecule has 0 unspecified atom stereocenters. The molecular weight excluding hydrogens is 392 g/mol. The molecule has 4 N–H and O–H groups in total. The first-order valence-corrected chi connectivity index (χ1v) is 12.8. The first-order valence-electron chi connectivity index (χ1n) is 12.8. The van der Waals surface area contributed by atoms with Crippen molar-refractivity contribution in [2.24, 2.45) is 5.73 Å². The SMILES string of the molecule is CCCCCCCCCCCCCCCCCCCC(=O)N[C@@H](CCC(N)=O)C(=O)O. The Hall–Kier alpha value is -1.59. The van der Waals surface area contributed by atoms with Crippen LogP contribution < -0.4 is 11.1 Å². The van der Waals surface area contributed by atoms with E-state index >= 15 is 0 Å². The third-order valence-electron chi connectivity index (χ3n) is 5.82. The number of aliphatic carboxylic acids is 1. The van der Waals surface area contributed by atoms with Crippen LogP contribution in [0.3, 0.4) is 0 Å². The molecule has 0 heterocycles. The fraction of sp³-hybridized carbons (Fsp3) is 0.880. The number of nitrogens with one attached hydrogen (secondary N) is 1. The van der Waals surface area contributed by atoms with Gasteiger partial charge in [-0.1, -0.05) is 110 Å². The summed E-state index contributed by atoms with van der Waals surface area (Å²) in [4.78, 5) is 33.8. The van der Waals surface area contributed by atoms with Crippen LogP contribution in [-0.4, -0.2) is 28.9 Å². The van der Waals surface area contributed by atoms with Gasteiger partial charge < -0.3 is 16.2 Å². The van der Waals surface area contributed by atoms with E-state index in [1.807, 2.05) is 0 Å². The van der Waals surface area contributed by atoms with Gasteiger partial charge in [-0.2, -0.15) is 0 Å². The Morgan fingerprint density at radius 2 is 1.06 bits per heavy atom. The van der Waals surface area contributed by atoms with Crippen molar-refractivity contribution in [1.82, 2.24) is 5.32 Å². The van der Waals surface area contributed by atoms with E-state index in [9.17, 15) is 14.4 Å². The van der Waals surface area contributed by atoms with Crippen molar-refractivity contribution in [3.05, 3.63) is 0 Å². The molecule has 182 valence electrons. The second-order valence-corrected chi connectivity index (χ2v) is 8.87. The number of carboxylic acid groups (broad SMARTS) is 1. The van der Waals surface area contributed by atoms with Gasteiger partial charge in [-0.3, -0.25) is 9.59 Å². The zero-order valence-electron chi connectivity index (χ0n) is 20.0. The maximum atomic E-state index is 11.9. The Kier molecular flexibility index (Phi) is 20.5. The van der Waals surface area contributed by atoms with Gasteiger partial charge in [0, 0.05) is 12.8 Å². The summed E-state index contributed by atoms with van der Waals surface area (Å²) < 4.78 is 0. The Labute approximate surface area is 190 Å². The highest BCUT2D eigenvalue weighted by Gasteiger charge is 2.20. The van der Waals surface area contributed by atoms with E-state index in [0.29, 0.717) is 6.42 Å². The number of nitrogens with two attached hydrogens (primary N) is 1. The summed E-state index contributed by atoms with van der Waals surface area (Å²) in [7, 11) is 0. The Morgan fingerprint density at radius 3 is 1.42 bits per heavy atom. The predicted octanol–water partition coefficient (Wildman–Crippen LogP) is 5.86. The van der Waals surface area contributed by atoms with E-state index in [1.165, 1.54) is 89.9 Å². The van der Waals surface area contributed by atoms with Crippen LogP contribution in [0.25, 0.3) is 0 Å². The van der Waals surface area contributed by atoms with Gasteiger partial charge in [0.1, 0.15) is 6.04 Å². The topological polar surface area (TPSA) is 109 Å². The van der Waals surface area contributed by atoms with Crippen LogP contribution in [0.1, 0.15) is 135 Å². The average Bonchev–Trinajstić information content (AvgIpc) is 2.73. The normalized spacial score (nSPS) is 11.9. The smallest absolute Gasteiger partial charge is 0.326 e. The summed E-state index contributed by atoms with van der Waals surface area (Å²) in [5.74, 6) is -1.96. The van der Waals surface area contributed by atoms with Crippen molar-refractivity contribution in [3.8, 4) is 0 Å². The molecule has 0 bridgehead atoms. The standard InChI is InChI=1S/C25H48N2O4/c1-2-3-4-5-6-7-8-9-10-11-12-13-14-15-16-17-18-19-24(29)27-22(25(30)31)20-21-23(26)28/h22H,2-21H2,1H3,(H2,26,28)(H,27,29)(H,30,31)/t22-/m0/s1. The summed E-state index contributed by atoms with van der Waals surface area (Å²) in [5.41, 5.74) is 5.03. The maximum absolute atomic E-state index is 11.9. The molecular formula is C25H48N2O4. The number of hydrogen-bond donors (Lipinski definition) is 3. The van der Waals surface area contributed by atoms with E-state index in [0.717, 1.165) is 19.3 Å². The minimum Gasteiger partial charge on any atom is -0.480 e. The van der Waals surface area contributed by atoms with Gasteiger partial charge in [0.2, 0.25) is 11.8 Å². The van der Waals surface area contributed by atoms with Crippen LogP contribution in [-0.2, 0) is 14.4 Å². The highest BCUT2D eigenvalue weighted by atomic mass is 16.4. The number of carbonyl (C=O) groups excluding carboxylic acids is 2. The van der Waals surface area contributed by atoms with Crippen molar-refractivity contribution in [3.63, 3.8) is 0 Å². The highest BCUT2D eigenvalue weighted by Crippen LogP contribution is 2.14. The Bertz CT molecular complexity index is 468. The van der Waals surface area contributed by atoms with Gasteiger partial charge >= 0.3 is 5.97 Å². The summed E-state index contributed by atoms with van der Waals surface area (Å²) in [6.45, 7) is 2.26. The average molecular weight is 441 g/mol. The number of primary amides is 1. The van der Waals surface area contributed by atoms with Gasteiger partial charge in [0.25, 0.3) is 0 Å². The van der Waals surface area contributed by atoms with Crippen LogP contribution in [0.15, 0.2) is 0 Å². The van der Waals surface area contributed by atoms with Gasteiger partial charge in [0.15, 0.2) is 0 Å². The summed E-state index contributed by atoms with van der Waals surface area (Å²) >= 11 is 0. The molecule has 6 heteroatoms. The molecule has 0 saturated carbocycles. The molecule has 0 spiro atoms. The van der Waals surface area contributed by atoms with Crippen molar-refractivity contribution in [1.29, 1.82) is 0 Å². The van der Waals surface area contributed by atoms with Crippen molar-refractivity contribution >= 4 is 17.8 Å². The predicted molar refractivity (Wildman–Crippen MR) is 127 cm³/mol. The van der Waals surface area contributed by atoms with Crippen molar-refractivity contribution < 1.29 is 19.5 Å². The zero-order chi connectivity index (χ0) is 23.2. The number of unbranched alkanes of at least 4 members (excludes halogenated alkanes) is 16. The number of carboxylic acids is 1. The molecule has 0 aromatic carbocycles. The number of carbonyl (C=O) groups is 3. The second-order valence-electron chi connectivity index (χ2n) is 8.87. The van der Waals surface area contributed by atoms with Gasteiger partial charge in [-0.15, -0.1) is 0 Å². The van der Waals surface area contributed by atoms with E-state index in [1.54, 1.807) is 0 Å². The van der Waals surface area contributed by atoms with E-state index in [4.69, 9.17) is 10.8 Å². The lowest BCUT2D eigenvalue weighted by atomic mass is 10.0. The lowest BCUT2D eigenvalue weighted by Crippen LogP contribution is -2.41. The number of hydrogen-bond acceptors (Lipinski definition) is 3. The monoisotopic (exact) mass is 440 g/mol. The fourth-order valence-corrected chi connectivity index (χ4v) is 3.82. The molecule has 2 amide bonds. The first kappa shape index (κ1) is 29.4. The molecule has 0 radical (unpaired) electrons. The van der Waals surface area contributed by atoms with Crippen LogP contribution in [0.2, 0.25) is 0 Å². The van der Waals surface area contributed by atoms with Gasteiger partial charge in [-0.05, 0) is 12.8 Å². The van der Waals surface area contributed by atoms with Crippen LogP contribution >= 0.6 is 0 Å². The van der Waals surface area contributed by atoms with Gasteiger partial charge in [0.05, 0.1) is 0 Å². The molecule has 31 heavy (non-hydrogen) atoms. The lowest BCUT2D eigenvalue weighted by Gasteiger charge is -2.13. The molecule has 1 atom stereocenters. The van der Waals surface area contributed by atoms with Crippen LogP contribution in [0.4, 0.5) is 0 Å². The summed E-state index contributed by atoms with van der Waals surface area (Å²) in [6.07, 6.45) is 22.2. The summed E-state index contributed by atoms with van der Waals surface area (Å²) in [5, 5.41) is 11.6. The lowest BCUT2D eigenvalue weighted by molar-refractivity contribution is -0.142. The maximum Gasteiger partial charge on any atom is 0.326 e. The highest BCUT2D eigenvalue weighted by molar-refractivity contribution is 5.84. The molecule has 0 rings (SSSR count). The van der Waals surface area contributed by atoms with Crippen LogP contribution in [0.5, 0.6) is 0 Å². The van der Waals surface area contributed by atoms with Crippen LogP contribution in [0, 0.1) is 0 Å².